The molecule has 2 aromatic rings. The topological polar surface area (TPSA) is 75.6 Å². The van der Waals surface area contributed by atoms with Crippen molar-refractivity contribution >= 4 is 22.6 Å². The van der Waals surface area contributed by atoms with Crippen molar-refractivity contribution in [3.8, 4) is 0 Å². The van der Waals surface area contributed by atoms with Gasteiger partial charge in [-0.25, -0.2) is 4.79 Å². The van der Waals surface area contributed by atoms with Crippen LogP contribution in [0.5, 0.6) is 0 Å². The Labute approximate surface area is 134 Å². The van der Waals surface area contributed by atoms with E-state index in [4.69, 9.17) is 4.74 Å². The first-order valence-corrected chi connectivity index (χ1v) is 7.75. The van der Waals surface area contributed by atoms with Crippen LogP contribution in [0.25, 0.3) is 10.8 Å². The SMILES string of the molecule is O=C(NC(C(=O)O)C1CCCOC1)c1ccc2ccccc2c1. The van der Waals surface area contributed by atoms with Crippen molar-refractivity contribution in [2.24, 2.45) is 5.92 Å². The Hall–Kier alpha value is -2.40. The Kier molecular flexibility index (Phi) is 4.57. The Balaban J connectivity index is 1.78. The normalized spacial score (nSPS) is 19.2. The summed E-state index contributed by atoms with van der Waals surface area (Å²) in [6, 6.07) is 12.2. The molecule has 1 fully saturated rings. The minimum absolute atomic E-state index is 0.189. The molecule has 1 saturated heterocycles. The predicted molar refractivity (Wildman–Crippen MR) is 86.4 cm³/mol. The van der Waals surface area contributed by atoms with Gasteiger partial charge in [-0.15, -0.1) is 0 Å². The molecule has 23 heavy (non-hydrogen) atoms. The molecular weight excluding hydrogens is 294 g/mol. The molecule has 1 aliphatic rings. The van der Waals surface area contributed by atoms with Crippen molar-refractivity contribution in [2.45, 2.75) is 18.9 Å². The Morgan fingerprint density at radius 3 is 2.65 bits per heavy atom. The summed E-state index contributed by atoms with van der Waals surface area (Å²) in [5.41, 5.74) is 0.465. The summed E-state index contributed by atoms with van der Waals surface area (Å²) in [6.07, 6.45) is 1.56. The highest BCUT2D eigenvalue weighted by Crippen LogP contribution is 2.19. The number of carbonyl (C=O) groups excluding carboxylic acids is 1. The highest BCUT2D eigenvalue weighted by Gasteiger charge is 2.31. The van der Waals surface area contributed by atoms with Gasteiger partial charge in [0.1, 0.15) is 6.04 Å². The maximum absolute atomic E-state index is 12.4. The largest absolute Gasteiger partial charge is 0.480 e. The molecule has 2 N–H and O–H groups in total. The zero-order valence-corrected chi connectivity index (χ0v) is 12.7. The number of fused-ring (bicyclic) bond motifs is 1. The van der Waals surface area contributed by atoms with Gasteiger partial charge in [0.15, 0.2) is 0 Å². The number of hydrogen-bond donors (Lipinski definition) is 2. The van der Waals surface area contributed by atoms with Crippen LogP contribution in [0.3, 0.4) is 0 Å². The van der Waals surface area contributed by atoms with Gasteiger partial charge in [0.05, 0.1) is 6.61 Å². The van der Waals surface area contributed by atoms with Gasteiger partial charge in [-0.3, -0.25) is 4.79 Å². The summed E-state index contributed by atoms with van der Waals surface area (Å²) in [7, 11) is 0. The van der Waals surface area contributed by atoms with Crippen molar-refractivity contribution in [3.05, 3.63) is 48.0 Å². The zero-order valence-electron chi connectivity index (χ0n) is 12.7. The summed E-state index contributed by atoms with van der Waals surface area (Å²) >= 11 is 0. The molecule has 0 radical (unpaired) electrons. The maximum Gasteiger partial charge on any atom is 0.326 e. The van der Waals surface area contributed by atoms with Crippen molar-refractivity contribution in [1.29, 1.82) is 0 Å². The fourth-order valence-corrected chi connectivity index (χ4v) is 2.96. The average molecular weight is 313 g/mol. The number of benzene rings is 2. The van der Waals surface area contributed by atoms with E-state index in [1.807, 2.05) is 30.3 Å². The Bertz CT molecular complexity index is 722. The molecule has 1 heterocycles. The third-order valence-electron chi connectivity index (χ3n) is 4.23. The molecule has 2 atom stereocenters. The van der Waals surface area contributed by atoms with Gasteiger partial charge in [-0.05, 0) is 35.7 Å². The van der Waals surface area contributed by atoms with Gasteiger partial charge in [-0.1, -0.05) is 30.3 Å². The molecule has 120 valence electrons. The van der Waals surface area contributed by atoms with Crippen LogP contribution in [-0.2, 0) is 9.53 Å². The van der Waals surface area contributed by atoms with E-state index in [0.717, 1.165) is 23.6 Å². The molecule has 2 aromatic carbocycles. The number of carboxylic acids is 1. The first kappa shape index (κ1) is 15.5. The van der Waals surface area contributed by atoms with Gasteiger partial charge in [0.2, 0.25) is 0 Å². The van der Waals surface area contributed by atoms with E-state index in [1.165, 1.54) is 0 Å². The number of nitrogens with one attached hydrogen (secondary N) is 1. The van der Waals surface area contributed by atoms with E-state index in [1.54, 1.807) is 12.1 Å². The molecule has 0 spiro atoms. The Morgan fingerprint density at radius 1 is 1.17 bits per heavy atom. The summed E-state index contributed by atoms with van der Waals surface area (Å²) < 4.78 is 5.34. The smallest absolute Gasteiger partial charge is 0.326 e. The predicted octanol–water partition coefficient (Wildman–Crippen LogP) is 2.45. The second-order valence-corrected chi connectivity index (χ2v) is 5.83. The molecular formula is C18H19NO4. The Morgan fingerprint density at radius 2 is 1.96 bits per heavy atom. The van der Waals surface area contributed by atoms with Crippen LogP contribution in [-0.4, -0.2) is 36.2 Å². The maximum atomic E-state index is 12.4. The van der Waals surface area contributed by atoms with Gasteiger partial charge in [-0.2, -0.15) is 0 Å². The summed E-state index contributed by atoms with van der Waals surface area (Å²) in [5, 5.41) is 14.1. The van der Waals surface area contributed by atoms with Crippen LogP contribution in [0.15, 0.2) is 42.5 Å². The number of aliphatic carboxylic acids is 1. The lowest BCUT2D eigenvalue weighted by Gasteiger charge is -2.28. The van der Waals surface area contributed by atoms with Crippen LogP contribution in [0, 0.1) is 5.92 Å². The van der Waals surface area contributed by atoms with Crippen LogP contribution in [0.4, 0.5) is 0 Å². The first-order chi connectivity index (χ1) is 11.1. The van der Waals surface area contributed by atoms with Gasteiger partial charge < -0.3 is 15.2 Å². The third-order valence-corrected chi connectivity index (χ3v) is 4.23. The van der Waals surface area contributed by atoms with E-state index in [9.17, 15) is 14.7 Å². The highest BCUT2D eigenvalue weighted by atomic mass is 16.5. The lowest BCUT2D eigenvalue weighted by Crippen LogP contribution is -2.48. The standard InChI is InChI=1S/C18H19NO4/c20-17(14-8-7-12-4-1-2-5-13(12)10-14)19-16(18(21)22)15-6-3-9-23-11-15/h1-2,4-5,7-8,10,15-16H,3,6,9,11H2,(H,19,20)(H,21,22). The molecule has 0 saturated carbocycles. The molecule has 5 nitrogen and oxygen atoms in total. The fraction of sp³-hybridized carbons (Fsp3) is 0.333. The van der Waals surface area contributed by atoms with E-state index in [-0.39, 0.29) is 11.8 Å². The number of amides is 1. The molecule has 1 amide bonds. The number of hydrogen-bond acceptors (Lipinski definition) is 3. The molecule has 0 bridgehead atoms. The van der Waals surface area contributed by atoms with Gasteiger partial charge >= 0.3 is 5.97 Å². The van der Waals surface area contributed by atoms with E-state index < -0.39 is 12.0 Å². The van der Waals surface area contributed by atoms with Crippen LogP contribution in [0.2, 0.25) is 0 Å². The first-order valence-electron chi connectivity index (χ1n) is 7.75. The summed E-state index contributed by atoms with van der Waals surface area (Å²) in [6.45, 7) is 1.02. The minimum atomic E-state index is -1.02. The third kappa shape index (κ3) is 3.51. The monoisotopic (exact) mass is 313 g/mol. The molecule has 0 aromatic heterocycles. The molecule has 0 aliphatic carbocycles. The van der Waals surface area contributed by atoms with E-state index in [2.05, 4.69) is 5.32 Å². The van der Waals surface area contributed by atoms with E-state index >= 15 is 0 Å². The fourth-order valence-electron chi connectivity index (χ4n) is 2.96. The lowest BCUT2D eigenvalue weighted by atomic mass is 9.93. The van der Waals surface area contributed by atoms with Crippen molar-refractivity contribution in [1.82, 2.24) is 5.32 Å². The van der Waals surface area contributed by atoms with Gasteiger partial charge in [0, 0.05) is 18.1 Å². The van der Waals surface area contributed by atoms with Gasteiger partial charge in [0.25, 0.3) is 5.91 Å². The summed E-state index contributed by atoms with van der Waals surface area (Å²) in [4.78, 5) is 23.9. The minimum Gasteiger partial charge on any atom is -0.480 e. The van der Waals surface area contributed by atoms with Crippen LogP contribution in [0.1, 0.15) is 23.2 Å². The van der Waals surface area contributed by atoms with Crippen LogP contribution < -0.4 is 5.32 Å². The number of rotatable bonds is 4. The summed E-state index contributed by atoms with van der Waals surface area (Å²) in [5.74, 6) is -1.57. The van der Waals surface area contributed by atoms with Crippen molar-refractivity contribution in [2.75, 3.05) is 13.2 Å². The molecule has 3 rings (SSSR count). The van der Waals surface area contributed by atoms with E-state index in [0.29, 0.717) is 18.8 Å². The number of carboxylic acid groups (broad SMARTS) is 1. The average Bonchev–Trinajstić information content (AvgIpc) is 2.59. The highest BCUT2D eigenvalue weighted by molar-refractivity contribution is 6.00. The number of carbonyl (C=O) groups is 2. The lowest BCUT2D eigenvalue weighted by molar-refractivity contribution is -0.142. The van der Waals surface area contributed by atoms with Crippen LogP contribution >= 0.6 is 0 Å². The quantitative estimate of drug-likeness (QED) is 0.909. The second kappa shape index (κ2) is 6.79. The molecule has 5 heteroatoms. The number of ether oxygens (including phenoxy) is 1. The second-order valence-electron chi connectivity index (χ2n) is 5.83. The van der Waals surface area contributed by atoms with Crippen molar-refractivity contribution < 1.29 is 19.4 Å². The zero-order chi connectivity index (χ0) is 16.2. The van der Waals surface area contributed by atoms with Crippen molar-refractivity contribution in [3.63, 3.8) is 0 Å². The molecule has 1 aliphatic heterocycles. The molecule has 2 unspecified atom stereocenters.